The molecule has 0 radical (unpaired) electrons. The topological polar surface area (TPSA) is 129 Å². The van der Waals surface area contributed by atoms with Crippen LogP contribution < -0.4 is 16.0 Å². The molecule has 222 valence electrons. The summed E-state index contributed by atoms with van der Waals surface area (Å²) < 4.78 is 1.91. The zero-order valence-corrected chi connectivity index (χ0v) is 25.2. The second-order valence-corrected chi connectivity index (χ2v) is 11.1. The van der Waals surface area contributed by atoms with Gasteiger partial charge in [-0.1, -0.05) is 38.1 Å². The molecule has 11 nitrogen and oxygen atoms in total. The lowest BCUT2D eigenvalue weighted by molar-refractivity contribution is -0.115. The maximum atomic E-state index is 12.6. The van der Waals surface area contributed by atoms with Gasteiger partial charge >= 0.3 is 0 Å². The highest BCUT2D eigenvalue weighted by molar-refractivity contribution is 5.92. The van der Waals surface area contributed by atoms with Crippen molar-refractivity contribution in [1.29, 1.82) is 0 Å². The summed E-state index contributed by atoms with van der Waals surface area (Å²) in [5.41, 5.74) is 6.28. The highest BCUT2D eigenvalue weighted by Gasteiger charge is 2.12. The average molecular weight is 579 g/mol. The van der Waals surface area contributed by atoms with Crippen molar-refractivity contribution in [3.8, 4) is 11.3 Å². The maximum Gasteiger partial charge on any atom is 0.229 e. The minimum Gasteiger partial charge on any atom is -0.326 e. The minimum absolute atomic E-state index is 0.0653. The van der Waals surface area contributed by atoms with E-state index in [4.69, 9.17) is 4.98 Å². The molecule has 0 unspecified atom stereocenters. The number of amides is 1. The van der Waals surface area contributed by atoms with Crippen LogP contribution in [0.15, 0.2) is 73.1 Å². The third kappa shape index (κ3) is 8.26. The molecular formula is C32H38N10O. The van der Waals surface area contributed by atoms with Gasteiger partial charge in [0.05, 0.1) is 24.9 Å². The molecule has 3 aromatic heterocycles. The molecule has 0 saturated heterocycles. The Hall–Kier alpha value is -5.03. The van der Waals surface area contributed by atoms with E-state index >= 15 is 0 Å². The number of aromatic amines is 1. The first kappa shape index (κ1) is 29.5. The van der Waals surface area contributed by atoms with Crippen molar-refractivity contribution in [2.45, 2.75) is 39.7 Å². The number of aromatic nitrogens is 6. The third-order valence-corrected chi connectivity index (χ3v) is 6.83. The molecule has 0 aliphatic carbocycles. The first-order chi connectivity index (χ1) is 20.7. The molecule has 4 N–H and O–H groups in total. The Morgan fingerprint density at radius 3 is 2.37 bits per heavy atom. The Labute approximate surface area is 251 Å². The van der Waals surface area contributed by atoms with Crippen LogP contribution in [0.2, 0.25) is 0 Å². The van der Waals surface area contributed by atoms with E-state index in [1.807, 2.05) is 98.8 Å². The number of nitrogens with zero attached hydrogens (tertiary/aromatic N) is 6. The van der Waals surface area contributed by atoms with Crippen molar-refractivity contribution in [2.24, 2.45) is 0 Å². The van der Waals surface area contributed by atoms with Gasteiger partial charge in [0.2, 0.25) is 11.9 Å². The van der Waals surface area contributed by atoms with Crippen molar-refractivity contribution < 1.29 is 4.79 Å². The van der Waals surface area contributed by atoms with E-state index in [1.54, 1.807) is 0 Å². The molecule has 0 spiro atoms. The SMILES string of the molecule is Cc1cc(Nc2cc(-c3cnn(CCN(C)C)c3)nc(Nc3ccc(CC(=O)Nc4ccc(C(C)C)cc4)cc3)n2)n[nH]1. The molecule has 3 heterocycles. The average Bonchev–Trinajstić information content (AvgIpc) is 3.62. The number of H-pyrrole nitrogens is 1. The Morgan fingerprint density at radius 1 is 0.953 bits per heavy atom. The van der Waals surface area contributed by atoms with Gasteiger partial charge in [0.25, 0.3) is 0 Å². The molecule has 5 aromatic rings. The zero-order valence-electron chi connectivity index (χ0n) is 25.2. The van der Waals surface area contributed by atoms with E-state index in [1.165, 1.54) is 5.56 Å². The lowest BCUT2D eigenvalue weighted by Gasteiger charge is -2.11. The number of carbonyl (C=O) groups is 1. The highest BCUT2D eigenvalue weighted by Crippen LogP contribution is 2.25. The largest absolute Gasteiger partial charge is 0.326 e. The second-order valence-electron chi connectivity index (χ2n) is 11.1. The van der Waals surface area contributed by atoms with Crippen molar-refractivity contribution in [3.63, 3.8) is 0 Å². The molecule has 5 rings (SSSR count). The lowest BCUT2D eigenvalue weighted by atomic mass is 10.0. The Bertz CT molecular complexity index is 1650. The van der Waals surface area contributed by atoms with E-state index in [-0.39, 0.29) is 12.3 Å². The number of aryl methyl sites for hydroxylation is 1. The zero-order chi connectivity index (χ0) is 30.3. The summed E-state index contributed by atoms with van der Waals surface area (Å²) in [4.78, 5) is 24.2. The predicted octanol–water partition coefficient (Wildman–Crippen LogP) is 5.73. The molecule has 11 heteroatoms. The standard InChI is InChI=1S/C32H38N10O/c1-21(2)24-8-12-26(13-9-24)34-31(43)17-23-6-10-27(11-7-23)35-32-36-28(25-19-33-42(20-25)15-14-41(4)5)18-29(38-32)37-30-16-22(3)39-40-30/h6-13,16,18-21H,14-15,17H2,1-5H3,(H,34,43)(H3,35,36,37,38,39,40). The van der Waals surface area contributed by atoms with Crippen molar-refractivity contribution in [1.82, 2.24) is 34.8 Å². The molecule has 0 bridgehead atoms. The number of benzene rings is 2. The van der Waals surface area contributed by atoms with Crippen LogP contribution in [0.1, 0.15) is 36.6 Å². The molecular weight excluding hydrogens is 540 g/mol. The minimum atomic E-state index is -0.0653. The van der Waals surface area contributed by atoms with E-state index in [9.17, 15) is 4.79 Å². The fourth-order valence-corrected chi connectivity index (χ4v) is 4.43. The molecule has 2 aromatic carbocycles. The monoisotopic (exact) mass is 578 g/mol. The normalized spacial score (nSPS) is 11.2. The Morgan fingerprint density at radius 2 is 1.70 bits per heavy atom. The van der Waals surface area contributed by atoms with E-state index in [2.05, 4.69) is 55.0 Å². The van der Waals surface area contributed by atoms with Crippen LogP contribution in [0.3, 0.4) is 0 Å². The van der Waals surface area contributed by atoms with Crippen LogP contribution in [0.4, 0.5) is 29.0 Å². The summed E-state index contributed by atoms with van der Waals surface area (Å²) >= 11 is 0. The van der Waals surface area contributed by atoms with Gasteiger partial charge in [-0.2, -0.15) is 15.2 Å². The number of hydrogen-bond donors (Lipinski definition) is 4. The van der Waals surface area contributed by atoms with Gasteiger partial charge in [0, 0.05) is 47.5 Å². The number of rotatable bonds is 12. The summed E-state index contributed by atoms with van der Waals surface area (Å²) in [7, 11) is 4.07. The van der Waals surface area contributed by atoms with E-state index in [0.29, 0.717) is 23.5 Å². The van der Waals surface area contributed by atoms with Crippen molar-refractivity contribution in [2.75, 3.05) is 36.6 Å². The summed E-state index contributed by atoms with van der Waals surface area (Å²) in [6.45, 7) is 7.89. The Kier molecular flexibility index (Phi) is 9.11. The van der Waals surface area contributed by atoms with E-state index < -0.39 is 0 Å². The second kappa shape index (κ2) is 13.3. The molecule has 43 heavy (non-hydrogen) atoms. The smallest absolute Gasteiger partial charge is 0.229 e. The number of anilines is 5. The number of carbonyl (C=O) groups excluding carboxylic acids is 1. The molecule has 0 fully saturated rings. The van der Waals surface area contributed by atoms with Crippen LogP contribution in [-0.2, 0) is 17.8 Å². The molecule has 0 saturated carbocycles. The number of nitrogens with one attached hydrogen (secondary N) is 4. The van der Waals surface area contributed by atoms with Crippen LogP contribution in [-0.4, -0.2) is 61.4 Å². The van der Waals surface area contributed by atoms with Crippen molar-refractivity contribution in [3.05, 3.63) is 89.9 Å². The summed E-state index contributed by atoms with van der Waals surface area (Å²) in [6.07, 6.45) is 4.06. The summed E-state index contributed by atoms with van der Waals surface area (Å²) in [5, 5.41) is 21.2. The number of likely N-dealkylation sites (N-methyl/N-ethyl adjacent to an activating group) is 1. The highest BCUT2D eigenvalue weighted by atomic mass is 16.1. The first-order valence-electron chi connectivity index (χ1n) is 14.3. The molecule has 0 aliphatic heterocycles. The van der Waals surface area contributed by atoms with Gasteiger partial charge < -0.3 is 20.9 Å². The fourth-order valence-electron chi connectivity index (χ4n) is 4.43. The summed E-state index contributed by atoms with van der Waals surface area (Å²) in [5.74, 6) is 2.06. The van der Waals surface area contributed by atoms with Crippen LogP contribution in [0.5, 0.6) is 0 Å². The van der Waals surface area contributed by atoms with Crippen LogP contribution in [0.25, 0.3) is 11.3 Å². The summed E-state index contributed by atoms with van der Waals surface area (Å²) in [6, 6.07) is 19.4. The molecule has 0 atom stereocenters. The van der Waals surface area contributed by atoms with Crippen LogP contribution >= 0.6 is 0 Å². The molecule has 0 aliphatic rings. The molecule has 1 amide bonds. The first-order valence-corrected chi connectivity index (χ1v) is 14.3. The fraction of sp³-hybridized carbons (Fsp3) is 0.281. The lowest BCUT2D eigenvalue weighted by Crippen LogP contribution is -2.18. The van der Waals surface area contributed by atoms with Gasteiger partial charge in [0.15, 0.2) is 5.82 Å². The quantitative estimate of drug-likeness (QED) is 0.148. The predicted molar refractivity (Wildman–Crippen MR) is 171 cm³/mol. The van der Waals surface area contributed by atoms with Gasteiger partial charge in [-0.3, -0.25) is 14.6 Å². The van der Waals surface area contributed by atoms with Gasteiger partial charge in [-0.25, -0.2) is 4.98 Å². The van der Waals surface area contributed by atoms with Crippen LogP contribution in [0, 0.1) is 6.92 Å². The third-order valence-electron chi connectivity index (χ3n) is 6.83. The number of hydrogen-bond acceptors (Lipinski definition) is 8. The maximum absolute atomic E-state index is 12.6. The van der Waals surface area contributed by atoms with Gasteiger partial charge in [-0.15, -0.1) is 0 Å². The van der Waals surface area contributed by atoms with Gasteiger partial charge in [-0.05, 0) is 62.3 Å². The van der Waals surface area contributed by atoms with Crippen molar-refractivity contribution >= 4 is 34.9 Å². The van der Waals surface area contributed by atoms with Gasteiger partial charge in [0.1, 0.15) is 5.82 Å². The van der Waals surface area contributed by atoms with E-state index in [0.717, 1.165) is 47.0 Å². The Balaban J connectivity index is 1.29.